The van der Waals surface area contributed by atoms with E-state index in [-0.39, 0.29) is 6.10 Å². The van der Waals surface area contributed by atoms with E-state index in [1.54, 1.807) is 0 Å². The van der Waals surface area contributed by atoms with Gasteiger partial charge in [0.1, 0.15) is 11.9 Å². The highest BCUT2D eigenvalue weighted by Crippen LogP contribution is 2.18. The van der Waals surface area contributed by atoms with Crippen molar-refractivity contribution >= 4 is 0 Å². The maximum absolute atomic E-state index is 5.89. The normalized spacial score (nSPS) is 19.7. The lowest BCUT2D eigenvalue weighted by Crippen LogP contribution is -2.27. The first-order valence-electron chi connectivity index (χ1n) is 6.92. The van der Waals surface area contributed by atoms with Gasteiger partial charge in [0.2, 0.25) is 0 Å². The molecule has 0 amide bonds. The highest BCUT2D eigenvalue weighted by molar-refractivity contribution is 5.27. The second-order valence-corrected chi connectivity index (χ2v) is 4.85. The summed E-state index contributed by atoms with van der Waals surface area (Å²) in [6.07, 6.45) is 5.77. The highest BCUT2D eigenvalue weighted by Gasteiger charge is 2.14. The fraction of sp³-hybridized carbons (Fsp3) is 0.600. The minimum absolute atomic E-state index is 0.224. The summed E-state index contributed by atoms with van der Waals surface area (Å²) in [5, 5.41) is 0. The van der Waals surface area contributed by atoms with E-state index in [2.05, 4.69) is 24.3 Å². The first kappa shape index (κ1) is 13.4. The molecule has 100 valence electrons. The Bertz CT molecular complexity index is 331. The number of nitrogens with two attached hydrogens (primary N) is 1. The second kappa shape index (κ2) is 7.39. The molecule has 1 aliphatic heterocycles. The average molecular weight is 249 g/mol. The summed E-state index contributed by atoms with van der Waals surface area (Å²) in [4.78, 5) is 0. The summed E-state index contributed by atoms with van der Waals surface area (Å²) in [6.45, 7) is 2.38. The Morgan fingerprint density at radius 1 is 1.22 bits per heavy atom. The predicted octanol–water partition coefficient (Wildman–Crippen LogP) is 2.53. The van der Waals surface area contributed by atoms with Crippen molar-refractivity contribution in [2.45, 2.75) is 38.2 Å². The Hall–Kier alpha value is -1.06. The predicted molar refractivity (Wildman–Crippen MR) is 72.9 cm³/mol. The average Bonchev–Trinajstić information content (AvgIpc) is 2.42. The van der Waals surface area contributed by atoms with Crippen LogP contribution in [0.15, 0.2) is 24.3 Å². The zero-order valence-corrected chi connectivity index (χ0v) is 10.9. The van der Waals surface area contributed by atoms with Crippen molar-refractivity contribution in [3.63, 3.8) is 0 Å². The SMILES string of the molecule is NCCCCc1ccc(OC2CCCOC2)cc1. The minimum Gasteiger partial charge on any atom is -0.488 e. The Morgan fingerprint density at radius 2 is 2.06 bits per heavy atom. The van der Waals surface area contributed by atoms with Crippen molar-refractivity contribution in [2.75, 3.05) is 19.8 Å². The number of unbranched alkanes of at least 4 members (excludes halogenated alkanes) is 1. The quantitative estimate of drug-likeness (QED) is 0.788. The molecule has 0 aromatic heterocycles. The Balaban J connectivity index is 1.79. The Labute approximate surface area is 109 Å². The summed E-state index contributed by atoms with van der Waals surface area (Å²) in [5.41, 5.74) is 6.85. The van der Waals surface area contributed by atoms with Gasteiger partial charge in [-0.05, 0) is 56.3 Å². The number of rotatable bonds is 6. The van der Waals surface area contributed by atoms with Crippen LogP contribution in [0.5, 0.6) is 5.75 Å². The number of ether oxygens (including phenoxy) is 2. The minimum atomic E-state index is 0.224. The van der Waals surface area contributed by atoms with Crippen LogP contribution in [0.4, 0.5) is 0 Å². The highest BCUT2D eigenvalue weighted by atomic mass is 16.5. The van der Waals surface area contributed by atoms with E-state index in [1.807, 2.05) is 0 Å². The van der Waals surface area contributed by atoms with Gasteiger partial charge in [-0.25, -0.2) is 0 Å². The Morgan fingerprint density at radius 3 is 2.72 bits per heavy atom. The molecule has 0 radical (unpaired) electrons. The summed E-state index contributed by atoms with van der Waals surface area (Å²) >= 11 is 0. The smallest absolute Gasteiger partial charge is 0.122 e. The zero-order chi connectivity index (χ0) is 12.6. The first-order valence-corrected chi connectivity index (χ1v) is 6.92. The van der Waals surface area contributed by atoms with E-state index in [9.17, 15) is 0 Å². The van der Waals surface area contributed by atoms with Crippen molar-refractivity contribution in [2.24, 2.45) is 5.73 Å². The first-order chi connectivity index (χ1) is 8.88. The third-order valence-corrected chi connectivity index (χ3v) is 3.26. The van der Waals surface area contributed by atoms with E-state index < -0.39 is 0 Å². The summed E-state index contributed by atoms with van der Waals surface area (Å²) in [7, 11) is 0. The van der Waals surface area contributed by atoms with Crippen molar-refractivity contribution in [3.8, 4) is 5.75 Å². The number of hydrogen-bond donors (Lipinski definition) is 1. The third-order valence-electron chi connectivity index (χ3n) is 3.26. The third kappa shape index (κ3) is 4.31. The van der Waals surface area contributed by atoms with Crippen LogP contribution in [0, 0.1) is 0 Å². The summed E-state index contributed by atoms with van der Waals surface area (Å²) < 4.78 is 11.3. The topological polar surface area (TPSA) is 44.5 Å². The summed E-state index contributed by atoms with van der Waals surface area (Å²) in [5.74, 6) is 0.952. The van der Waals surface area contributed by atoms with E-state index in [0.29, 0.717) is 0 Å². The van der Waals surface area contributed by atoms with Gasteiger partial charge in [-0.3, -0.25) is 0 Å². The molecule has 1 aromatic rings. The van der Waals surface area contributed by atoms with Crippen LogP contribution < -0.4 is 10.5 Å². The van der Waals surface area contributed by atoms with Gasteiger partial charge in [0.15, 0.2) is 0 Å². The van der Waals surface area contributed by atoms with E-state index in [4.69, 9.17) is 15.2 Å². The molecule has 18 heavy (non-hydrogen) atoms. The van der Waals surface area contributed by atoms with Crippen LogP contribution in [0.2, 0.25) is 0 Å². The van der Waals surface area contributed by atoms with Gasteiger partial charge in [-0.1, -0.05) is 12.1 Å². The van der Waals surface area contributed by atoms with Crippen LogP contribution in [0.25, 0.3) is 0 Å². The van der Waals surface area contributed by atoms with Gasteiger partial charge in [0.25, 0.3) is 0 Å². The molecule has 1 aromatic carbocycles. The molecule has 3 heteroatoms. The van der Waals surface area contributed by atoms with Gasteiger partial charge in [-0.15, -0.1) is 0 Å². The monoisotopic (exact) mass is 249 g/mol. The van der Waals surface area contributed by atoms with Gasteiger partial charge in [0.05, 0.1) is 6.61 Å². The van der Waals surface area contributed by atoms with Crippen LogP contribution in [-0.4, -0.2) is 25.9 Å². The maximum atomic E-state index is 5.89. The molecule has 0 spiro atoms. The molecule has 1 heterocycles. The summed E-state index contributed by atoms with van der Waals surface area (Å²) in [6, 6.07) is 8.42. The molecule has 1 fully saturated rings. The molecular formula is C15H23NO2. The second-order valence-electron chi connectivity index (χ2n) is 4.85. The molecule has 0 saturated carbocycles. The van der Waals surface area contributed by atoms with Crippen molar-refractivity contribution in [1.82, 2.24) is 0 Å². The van der Waals surface area contributed by atoms with Gasteiger partial charge >= 0.3 is 0 Å². The molecule has 1 unspecified atom stereocenters. The van der Waals surface area contributed by atoms with E-state index >= 15 is 0 Å². The van der Waals surface area contributed by atoms with E-state index in [0.717, 1.165) is 57.6 Å². The van der Waals surface area contributed by atoms with Crippen LogP contribution >= 0.6 is 0 Å². The van der Waals surface area contributed by atoms with Crippen LogP contribution in [0.3, 0.4) is 0 Å². The fourth-order valence-electron chi connectivity index (χ4n) is 2.20. The molecule has 2 rings (SSSR count). The number of benzene rings is 1. The molecule has 0 bridgehead atoms. The van der Waals surface area contributed by atoms with Gasteiger partial charge < -0.3 is 15.2 Å². The molecular weight excluding hydrogens is 226 g/mol. The maximum Gasteiger partial charge on any atom is 0.122 e. The lowest BCUT2D eigenvalue weighted by atomic mass is 10.1. The van der Waals surface area contributed by atoms with Gasteiger partial charge in [0, 0.05) is 6.61 Å². The molecule has 1 aliphatic rings. The Kier molecular flexibility index (Phi) is 5.49. The van der Waals surface area contributed by atoms with Crippen LogP contribution in [0.1, 0.15) is 31.2 Å². The largest absolute Gasteiger partial charge is 0.488 e. The lowest BCUT2D eigenvalue weighted by Gasteiger charge is -2.23. The number of aryl methyl sites for hydroxylation is 1. The lowest BCUT2D eigenvalue weighted by molar-refractivity contribution is 0.00742. The van der Waals surface area contributed by atoms with E-state index in [1.165, 1.54) is 5.56 Å². The zero-order valence-electron chi connectivity index (χ0n) is 10.9. The standard InChI is InChI=1S/C15H23NO2/c16-10-2-1-4-13-6-8-14(9-7-13)18-15-5-3-11-17-12-15/h6-9,15H,1-5,10-12,16H2. The fourth-order valence-corrected chi connectivity index (χ4v) is 2.20. The van der Waals surface area contributed by atoms with Gasteiger partial charge in [-0.2, -0.15) is 0 Å². The van der Waals surface area contributed by atoms with Crippen molar-refractivity contribution < 1.29 is 9.47 Å². The van der Waals surface area contributed by atoms with Crippen molar-refractivity contribution in [3.05, 3.63) is 29.8 Å². The molecule has 1 saturated heterocycles. The molecule has 2 N–H and O–H groups in total. The number of hydrogen-bond acceptors (Lipinski definition) is 3. The molecule has 3 nitrogen and oxygen atoms in total. The molecule has 1 atom stereocenters. The van der Waals surface area contributed by atoms with Crippen molar-refractivity contribution in [1.29, 1.82) is 0 Å². The van der Waals surface area contributed by atoms with Crippen LogP contribution in [-0.2, 0) is 11.2 Å². The molecule has 0 aliphatic carbocycles.